The average Bonchev–Trinajstić information content (AvgIpc) is 2.61. The lowest BCUT2D eigenvalue weighted by atomic mass is 10.3. The number of carboxylic acid groups (broad SMARTS) is 1. The van der Waals surface area contributed by atoms with Gasteiger partial charge in [0.25, 0.3) is 0 Å². The van der Waals surface area contributed by atoms with Gasteiger partial charge in [0.15, 0.2) is 5.13 Å². The third-order valence-electron chi connectivity index (χ3n) is 2.29. The summed E-state index contributed by atoms with van der Waals surface area (Å²) in [4.78, 5) is 15.4. The molecule has 1 saturated carbocycles. The van der Waals surface area contributed by atoms with E-state index in [1.807, 2.05) is 0 Å². The molecule has 0 atom stereocenters. The van der Waals surface area contributed by atoms with Gasteiger partial charge in [-0.15, -0.1) is 11.3 Å². The molecule has 0 aromatic carbocycles. The van der Waals surface area contributed by atoms with E-state index < -0.39 is 5.97 Å². The molecule has 0 saturated heterocycles. The summed E-state index contributed by atoms with van der Waals surface area (Å²) in [5, 5.41) is 12.7. The predicted molar refractivity (Wildman–Crippen MR) is 54.7 cm³/mol. The van der Waals surface area contributed by atoms with Crippen LogP contribution in [0.2, 0.25) is 0 Å². The zero-order valence-corrected chi connectivity index (χ0v) is 8.73. The standard InChI is InChI=1S/C9H12N2O2S/c1-9(2-3-9)11-8-10-5-6(14-8)4-7(12)13/h5H,2-4H2,1H3,(H,10,11)(H,12,13). The van der Waals surface area contributed by atoms with Gasteiger partial charge in [0.05, 0.1) is 6.42 Å². The summed E-state index contributed by atoms with van der Waals surface area (Å²) < 4.78 is 0. The molecule has 1 aliphatic carbocycles. The summed E-state index contributed by atoms with van der Waals surface area (Å²) in [6.07, 6.45) is 4.03. The van der Waals surface area contributed by atoms with Gasteiger partial charge in [0.2, 0.25) is 0 Å². The molecule has 0 spiro atoms. The van der Waals surface area contributed by atoms with Crippen LogP contribution >= 0.6 is 11.3 Å². The van der Waals surface area contributed by atoms with E-state index in [-0.39, 0.29) is 12.0 Å². The fourth-order valence-electron chi connectivity index (χ4n) is 1.17. The first-order valence-corrected chi connectivity index (χ1v) is 5.34. The van der Waals surface area contributed by atoms with Crippen molar-refractivity contribution in [1.29, 1.82) is 0 Å². The van der Waals surface area contributed by atoms with Crippen molar-refractivity contribution in [3.63, 3.8) is 0 Å². The van der Waals surface area contributed by atoms with Gasteiger partial charge in [0.1, 0.15) is 0 Å². The molecule has 1 fully saturated rings. The first kappa shape index (κ1) is 9.45. The average molecular weight is 212 g/mol. The van der Waals surface area contributed by atoms with E-state index in [9.17, 15) is 4.79 Å². The Bertz CT molecular complexity index is 357. The molecule has 0 unspecified atom stereocenters. The third kappa shape index (κ3) is 2.23. The zero-order chi connectivity index (χ0) is 10.2. The molecule has 0 aliphatic heterocycles. The van der Waals surface area contributed by atoms with Gasteiger partial charge in [-0.3, -0.25) is 4.79 Å². The van der Waals surface area contributed by atoms with E-state index in [4.69, 9.17) is 5.11 Å². The van der Waals surface area contributed by atoms with E-state index in [0.717, 1.165) is 10.0 Å². The van der Waals surface area contributed by atoms with Crippen LogP contribution in [0.3, 0.4) is 0 Å². The van der Waals surface area contributed by atoms with Crippen LogP contribution in [0, 0.1) is 0 Å². The number of carboxylic acids is 1. The zero-order valence-electron chi connectivity index (χ0n) is 7.91. The normalized spacial score (nSPS) is 17.8. The van der Waals surface area contributed by atoms with Crippen LogP contribution in [-0.4, -0.2) is 21.6 Å². The van der Waals surface area contributed by atoms with Crippen LogP contribution in [0.5, 0.6) is 0 Å². The first-order chi connectivity index (χ1) is 6.57. The van der Waals surface area contributed by atoms with Crippen LogP contribution in [-0.2, 0) is 11.2 Å². The summed E-state index contributed by atoms with van der Waals surface area (Å²) in [5.74, 6) is -0.808. The van der Waals surface area contributed by atoms with Crippen molar-refractivity contribution in [2.45, 2.75) is 31.7 Å². The lowest BCUT2D eigenvalue weighted by molar-refractivity contribution is -0.136. The van der Waals surface area contributed by atoms with Crippen LogP contribution in [0.25, 0.3) is 0 Å². The number of hydrogen-bond donors (Lipinski definition) is 2. The second-order valence-corrected chi connectivity index (χ2v) is 5.00. The highest BCUT2D eigenvalue weighted by atomic mass is 32.1. The predicted octanol–water partition coefficient (Wildman–Crippen LogP) is 1.73. The summed E-state index contributed by atoms with van der Waals surface area (Å²) in [5.41, 5.74) is 0.207. The van der Waals surface area contributed by atoms with Crippen molar-refractivity contribution in [1.82, 2.24) is 4.98 Å². The smallest absolute Gasteiger partial charge is 0.308 e. The van der Waals surface area contributed by atoms with E-state index >= 15 is 0 Å². The summed E-state index contributed by atoms with van der Waals surface area (Å²) >= 11 is 1.43. The quantitative estimate of drug-likeness (QED) is 0.798. The van der Waals surface area contributed by atoms with E-state index in [2.05, 4.69) is 17.2 Å². The molecule has 0 bridgehead atoms. The molecule has 1 aliphatic rings. The third-order valence-corrected chi connectivity index (χ3v) is 3.20. The van der Waals surface area contributed by atoms with Crippen molar-refractivity contribution in [3.8, 4) is 0 Å². The van der Waals surface area contributed by atoms with Crippen molar-refractivity contribution >= 4 is 22.4 Å². The highest BCUT2D eigenvalue weighted by molar-refractivity contribution is 7.15. The number of nitrogens with zero attached hydrogens (tertiary/aromatic N) is 1. The minimum absolute atomic E-state index is 0.0655. The topological polar surface area (TPSA) is 62.2 Å². The van der Waals surface area contributed by atoms with Crippen molar-refractivity contribution in [3.05, 3.63) is 11.1 Å². The molecular formula is C9H12N2O2S. The maximum absolute atomic E-state index is 10.4. The Morgan fingerprint density at radius 1 is 1.79 bits per heavy atom. The highest BCUT2D eigenvalue weighted by Crippen LogP contribution is 2.38. The minimum atomic E-state index is -0.808. The Morgan fingerprint density at radius 2 is 2.50 bits per heavy atom. The number of aliphatic carboxylic acids is 1. The fraction of sp³-hybridized carbons (Fsp3) is 0.556. The van der Waals surface area contributed by atoms with E-state index in [1.165, 1.54) is 24.2 Å². The van der Waals surface area contributed by atoms with Crippen LogP contribution in [0.4, 0.5) is 5.13 Å². The van der Waals surface area contributed by atoms with Gasteiger partial charge in [-0.2, -0.15) is 0 Å². The molecule has 1 aromatic rings. The fourth-order valence-corrected chi connectivity index (χ4v) is 2.12. The maximum atomic E-state index is 10.4. The summed E-state index contributed by atoms with van der Waals surface area (Å²) in [6.45, 7) is 2.14. The molecule has 2 rings (SSSR count). The lowest BCUT2D eigenvalue weighted by Crippen LogP contribution is -2.15. The Balaban J connectivity index is 1.99. The van der Waals surface area contributed by atoms with E-state index in [1.54, 1.807) is 6.20 Å². The van der Waals surface area contributed by atoms with Gasteiger partial charge in [-0.1, -0.05) is 0 Å². The molecule has 1 heterocycles. The highest BCUT2D eigenvalue weighted by Gasteiger charge is 2.37. The molecule has 0 radical (unpaired) electrons. The van der Waals surface area contributed by atoms with Crippen LogP contribution < -0.4 is 5.32 Å². The maximum Gasteiger partial charge on any atom is 0.308 e. The Kier molecular flexibility index (Phi) is 2.19. The van der Waals surface area contributed by atoms with Gasteiger partial charge < -0.3 is 10.4 Å². The van der Waals surface area contributed by atoms with Gasteiger partial charge in [-0.05, 0) is 19.8 Å². The summed E-state index contributed by atoms with van der Waals surface area (Å²) in [7, 11) is 0. The number of thiazole rings is 1. The van der Waals surface area contributed by atoms with Crippen LogP contribution in [0.1, 0.15) is 24.6 Å². The molecule has 1 aromatic heterocycles. The molecule has 5 heteroatoms. The summed E-state index contributed by atoms with van der Waals surface area (Å²) in [6, 6.07) is 0. The molecule has 0 amide bonds. The molecule has 14 heavy (non-hydrogen) atoms. The number of nitrogens with one attached hydrogen (secondary N) is 1. The van der Waals surface area contributed by atoms with Crippen LogP contribution in [0.15, 0.2) is 6.20 Å². The lowest BCUT2D eigenvalue weighted by Gasteiger charge is -2.08. The molecular weight excluding hydrogens is 200 g/mol. The van der Waals surface area contributed by atoms with E-state index in [0.29, 0.717) is 0 Å². The minimum Gasteiger partial charge on any atom is -0.481 e. The SMILES string of the molecule is CC1(Nc2ncc(CC(=O)O)s2)CC1. The molecule has 76 valence electrons. The van der Waals surface area contributed by atoms with Gasteiger partial charge in [-0.25, -0.2) is 4.98 Å². The number of aromatic nitrogens is 1. The van der Waals surface area contributed by atoms with Crippen molar-refractivity contribution < 1.29 is 9.90 Å². The number of rotatable bonds is 4. The number of anilines is 1. The van der Waals surface area contributed by atoms with Crippen molar-refractivity contribution in [2.24, 2.45) is 0 Å². The Hall–Kier alpha value is -1.10. The number of carbonyl (C=O) groups is 1. The first-order valence-electron chi connectivity index (χ1n) is 4.52. The van der Waals surface area contributed by atoms with Gasteiger partial charge >= 0.3 is 5.97 Å². The Morgan fingerprint density at radius 3 is 3.07 bits per heavy atom. The van der Waals surface area contributed by atoms with Gasteiger partial charge in [0, 0.05) is 16.6 Å². The monoisotopic (exact) mass is 212 g/mol. The molecule has 4 nitrogen and oxygen atoms in total. The second kappa shape index (κ2) is 3.24. The van der Waals surface area contributed by atoms with Crippen molar-refractivity contribution in [2.75, 3.05) is 5.32 Å². The second-order valence-electron chi connectivity index (χ2n) is 3.89. The molecule has 2 N–H and O–H groups in total. The Labute approximate surface area is 86.0 Å². The number of hydrogen-bond acceptors (Lipinski definition) is 4. The largest absolute Gasteiger partial charge is 0.481 e.